The molecule has 14 heavy (non-hydrogen) atoms. The molecule has 0 radical (unpaired) electrons. The Labute approximate surface area is 84.9 Å². The summed E-state index contributed by atoms with van der Waals surface area (Å²) in [5.74, 6) is 0. The van der Waals surface area contributed by atoms with Crippen LogP contribution in [-0.2, 0) is 0 Å². The molecule has 1 heterocycles. The van der Waals surface area contributed by atoms with Crippen LogP contribution in [0.4, 0.5) is 0 Å². The van der Waals surface area contributed by atoms with Crippen molar-refractivity contribution in [2.24, 2.45) is 0 Å². The fourth-order valence-electron chi connectivity index (χ4n) is 1.27. The third-order valence-electron chi connectivity index (χ3n) is 1.88. The molecule has 0 saturated heterocycles. The van der Waals surface area contributed by atoms with E-state index in [0.717, 1.165) is 15.2 Å². The predicted octanol–water partition coefficient (Wildman–Crippen LogP) is 2.35. The smallest absolute Gasteiger partial charge is 0.101 e. The Morgan fingerprint density at radius 2 is 1.86 bits per heavy atom. The zero-order valence-electron chi connectivity index (χ0n) is 7.40. The van der Waals surface area contributed by atoms with E-state index in [4.69, 9.17) is 10.5 Å². The number of thiazole rings is 1. The lowest BCUT2D eigenvalue weighted by molar-refractivity contribution is 1.34. The molecule has 2 aromatic rings. The zero-order valence-corrected chi connectivity index (χ0v) is 8.22. The van der Waals surface area contributed by atoms with Gasteiger partial charge in [-0.1, -0.05) is 0 Å². The molecule has 4 heteroatoms. The Balaban J connectivity index is 2.84. The quantitative estimate of drug-likeness (QED) is 0.654. The van der Waals surface area contributed by atoms with Gasteiger partial charge < -0.3 is 0 Å². The van der Waals surface area contributed by atoms with Crippen molar-refractivity contribution in [3.8, 4) is 12.1 Å². The van der Waals surface area contributed by atoms with E-state index in [9.17, 15) is 0 Å². The van der Waals surface area contributed by atoms with Gasteiger partial charge >= 0.3 is 0 Å². The van der Waals surface area contributed by atoms with Gasteiger partial charge in [-0.25, -0.2) is 4.98 Å². The number of benzene rings is 1. The number of fused-ring (bicyclic) bond motifs is 1. The van der Waals surface area contributed by atoms with Gasteiger partial charge in [-0.2, -0.15) is 10.5 Å². The van der Waals surface area contributed by atoms with E-state index >= 15 is 0 Å². The fourth-order valence-corrected chi connectivity index (χ4v) is 2.12. The highest BCUT2D eigenvalue weighted by Crippen LogP contribution is 2.24. The van der Waals surface area contributed by atoms with Gasteiger partial charge in [-0.15, -0.1) is 11.3 Å². The van der Waals surface area contributed by atoms with E-state index in [1.54, 1.807) is 12.1 Å². The molecule has 0 saturated carbocycles. The summed E-state index contributed by atoms with van der Waals surface area (Å²) in [5, 5.41) is 18.5. The molecule has 0 aliphatic rings. The molecular formula is C10H5N3S. The molecule has 1 aromatic carbocycles. The summed E-state index contributed by atoms with van der Waals surface area (Å²) in [4.78, 5) is 4.26. The van der Waals surface area contributed by atoms with Crippen LogP contribution in [0.3, 0.4) is 0 Å². The van der Waals surface area contributed by atoms with Gasteiger partial charge in [0.1, 0.15) is 12.1 Å². The maximum absolute atomic E-state index is 8.80. The van der Waals surface area contributed by atoms with E-state index in [-0.39, 0.29) is 0 Å². The number of aromatic nitrogens is 1. The second-order valence-corrected chi connectivity index (χ2v) is 4.06. The van der Waals surface area contributed by atoms with Crippen molar-refractivity contribution in [1.82, 2.24) is 4.98 Å². The van der Waals surface area contributed by atoms with Crippen molar-refractivity contribution < 1.29 is 0 Å². The second-order valence-electron chi connectivity index (χ2n) is 2.82. The third-order valence-corrected chi connectivity index (χ3v) is 2.81. The topological polar surface area (TPSA) is 60.5 Å². The summed E-state index contributed by atoms with van der Waals surface area (Å²) in [7, 11) is 0. The normalized spacial score (nSPS) is 9.64. The number of hydrogen-bond acceptors (Lipinski definition) is 4. The number of nitriles is 2. The summed E-state index contributed by atoms with van der Waals surface area (Å²) in [5.41, 5.74) is 1.61. The highest BCUT2D eigenvalue weighted by atomic mass is 32.1. The molecular weight excluding hydrogens is 194 g/mol. The summed E-state index contributed by atoms with van der Waals surface area (Å²) < 4.78 is 0.957. The van der Waals surface area contributed by atoms with Gasteiger partial charge in [-0.05, 0) is 19.1 Å². The second kappa shape index (κ2) is 3.10. The fraction of sp³-hybridized carbons (Fsp3) is 0.100. The first-order valence-electron chi connectivity index (χ1n) is 3.96. The van der Waals surface area contributed by atoms with Crippen molar-refractivity contribution in [1.29, 1.82) is 10.5 Å². The van der Waals surface area contributed by atoms with Crippen LogP contribution in [0.1, 0.15) is 16.1 Å². The van der Waals surface area contributed by atoms with Crippen LogP contribution in [0.15, 0.2) is 12.1 Å². The molecule has 0 unspecified atom stereocenters. The molecule has 1 aromatic heterocycles. The standard InChI is InChI=1S/C10H5N3S/c1-6-13-9-2-7(4-11)8(5-12)3-10(9)14-6/h2-3H,1H3. The molecule has 0 bridgehead atoms. The Hall–Kier alpha value is -1.91. The summed E-state index contributed by atoms with van der Waals surface area (Å²) >= 11 is 1.53. The molecule has 0 fully saturated rings. The highest BCUT2D eigenvalue weighted by Gasteiger charge is 2.06. The SMILES string of the molecule is Cc1nc2cc(C#N)c(C#N)cc2s1. The van der Waals surface area contributed by atoms with Crippen LogP contribution in [0.2, 0.25) is 0 Å². The lowest BCUT2D eigenvalue weighted by Gasteiger charge is -1.92. The van der Waals surface area contributed by atoms with Crippen molar-refractivity contribution in [3.63, 3.8) is 0 Å². The third kappa shape index (κ3) is 1.22. The zero-order chi connectivity index (χ0) is 10.1. The number of aryl methyl sites for hydroxylation is 1. The van der Waals surface area contributed by atoms with E-state index in [2.05, 4.69) is 4.98 Å². The van der Waals surface area contributed by atoms with Gasteiger partial charge in [0.2, 0.25) is 0 Å². The van der Waals surface area contributed by atoms with Gasteiger partial charge in [0.05, 0.1) is 26.4 Å². The van der Waals surface area contributed by atoms with Crippen LogP contribution >= 0.6 is 11.3 Å². The van der Waals surface area contributed by atoms with Gasteiger partial charge in [0.25, 0.3) is 0 Å². The average Bonchev–Trinajstić information content (AvgIpc) is 2.54. The lowest BCUT2D eigenvalue weighted by Crippen LogP contribution is -1.82. The number of nitrogens with zero attached hydrogens (tertiary/aromatic N) is 3. The minimum absolute atomic E-state index is 0.394. The van der Waals surface area contributed by atoms with Gasteiger partial charge in [-0.3, -0.25) is 0 Å². The number of hydrogen-bond donors (Lipinski definition) is 0. The van der Waals surface area contributed by atoms with Crippen molar-refractivity contribution in [2.75, 3.05) is 0 Å². The van der Waals surface area contributed by atoms with Crippen molar-refractivity contribution in [2.45, 2.75) is 6.92 Å². The molecule has 0 aliphatic heterocycles. The minimum Gasteiger partial charge on any atom is -0.241 e. The van der Waals surface area contributed by atoms with Gasteiger partial charge in [0.15, 0.2) is 0 Å². The largest absolute Gasteiger partial charge is 0.241 e. The van der Waals surface area contributed by atoms with Crippen molar-refractivity contribution >= 4 is 21.6 Å². The van der Waals surface area contributed by atoms with Crippen molar-refractivity contribution in [3.05, 3.63) is 28.3 Å². The Bertz CT molecular complexity index is 533. The van der Waals surface area contributed by atoms with E-state index in [0.29, 0.717) is 11.1 Å². The van der Waals surface area contributed by atoms with Crippen LogP contribution in [-0.4, -0.2) is 4.98 Å². The summed E-state index contributed by atoms with van der Waals surface area (Å²) in [6, 6.07) is 7.38. The van der Waals surface area contributed by atoms with E-state index in [1.807, 2.05) is 19.1 Å². The predicted molar refractivity (Wildman–Crippen MR) is 53.8 cm³/mol. The maximum Gasteiger partial charge on any atom is 0.101 e. The van der Waals surface area contributed by atoms with Crippen LogP contribution in [0.25, 0.3) is 10.2 Å². The summed E-state index contributed by atoms with van der Waals surface area (Å²) in [6.07, 6.45) is 0. The lowest BCUT2D eigenvalue weighted by atomic mass is 10.1. The van der Waals surface area contributed by atoms with E-state index in [1.165, 1.54) is 11.3 Å². The first kappa shape index (κ1) is 8.68. The Morgan fingerprint density at radius 1 is 1.21 bits per heavy atom. The molecule has 66 valence electrons. The highest BCUT2D eigenvalue weighted by molar-refractivity contribution is 7.18. The van der Waals surface area contributed by atoms with Crippen LogP contribution in [0.5, 0.6) is 0 Å². The first-order chi connectivity index (χ1) is 6.74. The average molecular weight is 199 g/mol. The molecule has 0 spiro atoms. The minimum atomic E-state index is 0.394. The molecule has 2 rings (SSSR count). The van der Waals surface area contributed by atoms with Crippen LogP contribution in [0, 0.1) is 29.6 Å². The molecule has 0 atom stereocenters. The molecule has 3 nitrogen and oxygen atoms in total. The number of rotatable bonds is 0. The van der Waals surface area contributed by atoms with Gasteiger partial charge in [0, 0.05) is 0 Å². The monoisotopic (exact) mass is 199 g/mol. The van der Waals surface area contributed by atoms with E-state index < -0.39 is 0 Å². The Morgan fingerprint density at radius 3 is 2.50 bits per heavy atom. The maximum atomic E-state index is 8.80. The molecule has 0 N–H and O–H groups in total. The first-order valence-corrected chi connectivity index (χ1v) is 4.77. The van der Waals surface area contributed by atoms with Crippen LogP contribution < -0.4 is 0 Å². The Kier molecular flexibility index (Phi) is 1.92. The molecule has 0 aliphatic carbocycles. The molecule has 0 amide bonds. The summed E-state index contributed by atoms with van der Waals surface area (Å²) in [6.45, 7) is 1.91.